The molecule has 0 fully saturated rings. The number of hydrogen-bond donors (Lipinski definition) is 2. The summed E-state index contributed by atoms with van der Waals surface area (Å²) in [6.45, 7) is 0.0530. The van der Waals surface area contributed by atoms with Crippen LogP contribution in [-0.4, -0.2) is 23.8 Å². The molecular formula is C24H19F2NO4. The van der Waals surface area contributed by atoms with Gasteiger partial charge in [-0.3, -0.25) is 4.79 Å². The third-order valence-corrected chi connectivity index (χ3v) is 5.36. The standard InChI is InChI=1S/C24H19F2NO4/c25-20-10-9-14(11-21(20)26)22(12-23(28)29)27-24(30)31-13-19-17-7-3-1-5-15(17)16-6-2-4-8-18(16)19/h1-11,19,22H,12-13H2,(H,27,30)(H,28,29)/t22-/m0/s1. The molecule has 0 bridgehead atoms. The molecule has 7 heteroatoms. The molecule has 4 rings (SSSR count). The van der Waals surface area contributed by atoms with Crippen LogP contribution >= 0.6 is 0 Å². The van der Waals surface area contributed by atoms with Crippen LogP contribution in [0.2, 0.25) is 0 Å². The van der Waals surface area contributed by atoms with Crippen LogP contribution in [0.25, 0.3) is 11.1 Å². The molecule has 0 saturated heterocycles. The first-order valence-corrected chi connectivity index (χ1v) is 9.72. The number of benzene rings is 3. The second kappa shape index (κ2) is 8.55. The van der Waals surface area contributed by atoms with Crippen molar-refractivity contribution in [2.45, 2.75) is 18.4 Å². The maximum absolute atomic E-state index is 13.6. The molecule has 0 saturated carbocycles. The van der Waals surface area contributed by atoms with Crippen molar-refractivity contribution in [2.24, 2.45) is 0 Å². The Morgan fingerprint density at radius 1 is 0.935 bits per heavy atom. The van der Waals surface area contributed by atoms with Crippen molar-refractivity contribution in [3.8, 4) is 11.1 Å². The summed E-state index contributed by atoms with van der Waals surface area (Å²) in [5.74, 6) is -3.53. The fraction of sp³-hybridized carbons (Fsp3) is 0.167. The lowest BCUT2D eigenvalue weighted by Gasteiger charge is -2.19. The summed E-state index contributed by atoms with van der Waals surface area (Å²) in [5, 5.41) is 11.6. The van der Waals surface area contributed by atoms with Crippen LogP contribution in [0.5, 0.6) is 0 Å². The number of carbonyl (C=O) groups is 2. The van der Waals surface area contributed by atoms with Crippen LogP contribution in [0, 0.1) is 11.6 Å². The highest BCUT2D eigenvalue weighted by Gasteiger charge is 2.29. The Labute approximate surface area is 177 Å². The molecule has 2 N–H and O–H groups in total. The number of hydrogen-bond acceptors (Lipinski definition) is 3. The molecule has 0 aromatic heterocycles. The van der Waals surface area contributed by atoms with E-state index in [0.717, 1.165) is 34.4 Å². The van der Waals surface area contributed by atoms with Gasteiger partial charge in [-0.2, -0.15) is 0 Å². The number of carboxylic acid groups (broad SMARTS) is 1. The van der Waals surface area contributed by atoms with Gasteiger partial charge in [-0.25, -0.2) is 13.6 Å². The molecular weight excluding hydrogens is 404 g/mol. The Kier molecular flexibility index (Phi) is 5.66. The SMILES string of the molecule is O=C(O)C[C@H](NC(=O)OCC1c2ccccc2-c2ccccc21)c1ccc(F)c(F)c1. The lowest BCUT2D eigenvalue weighted by atomic mass is 9.98. The Morgan fingerprint density at radius 2 is 1.55 bits per heavy atom. The minimum absolute atomic E-state index is 0.0530. The first kappa shape index (κ1) is 20.5. The molecule has 5 nitrogen and oxygen atoms in total. The molecule has 1 aliphatic rings. The number of ether oxygens (including phenoxy) is 1. The van der Waals surface area contributed by atoms with Crippen LogP contribution in [-0.2, 0) is 9.53 Å². The molecule has 158 valence electrons. The monoisotopic (exact) mass is 423 g/mol. The van der Waals surface area contributed by atoms with E-state index in [0.29, 0.717) is 0 Å². The second-order valence-electron chi connectivity index (χ2n) is 7.29. The zero-order chi connectivity index (χ0) is 22.0. The number of carboxylic acids is 1. The van der Waals surface area contributed by atoms with Gasteiger partial charge in [-0.05, 0) is 39.9 Å². The van der Waals surface area contributed by atoms with Crippen LogP contribution in [0.3, 0.4) is 0 Å². The zero-order valence-electron chi connectivity index (χ0n) is 16.3. The van der Waals surface area contributed by atoms with E-state index in [1.54, 1.807) is 0 Å². The van der Waals surface area contributed by atoms with E-state index in [1.165, 1.54) is 6.07 Å². The van der Waals surface area contributed by atoms with E-state index in [1.807, 2.05) is 48.5 Å². The average Bonchev–Trinajstić information content (AvgIpc) is 3.07. The zero-order valence-corrected chi connectivity index (χ0v) is 16.3. The molecule has 0 unspecified atom stereocenters. The van der Waals surface area contributed by atoms with Gasteiger partial charge in [0.1, 0.15) is 6.61 Å². The molecule has 1 amide bonds. The highest BCUT2D eigenvalue weighted by molar-refractivity contribution is 5.79. The van der Waals surface area contributed by atoms with E-state index in [9.17, 15) is 18.4 Å². The summed E-state index contributed by atoms with van der Waals surface area (Å²) in [6, 6.07) is 17.7. The van der Waals surface area contributed by atoms with Crippen molar-refractivity contribution in [3.05, 3.63) is 95.1 Å². The van der Waals surface area contributed by atoms with E-state index >= 15 is 0 Å². The van der Waals surface area contributed by atoms with Crippen molar-refractivity contribution in [1.29, 1.82) is 0 Å². The fourth-order valence-corrected chi connectivity index (χ4v) is 3.94. The summed E-state index contributed by atoms with van der Waals surface area (Å²) in [5.41, 5.74) is 4.38. The van der Waals surface area contributed by atoms with Gasteiger partial charge in [0.25, 0.3) is 0 Å². The van der Waals surface area contributed by atoms with Crippen molar-refractivity contribution >= 4 is 12.1 Å². The van der Waals surface area contributed by atoms with Gasteiger partial charge in [0.05, 0.1) is 12.5 Å². The van der Waals surface area contributed by atoms with Gasteiger partial charge < -0.3 is 15.2 Å². The number of fused-ring (bicyclic) bond motifs is 3. The summed E-state index contributed by atoms with van der Waals surface area (Å²) < 4.78 is 32.2. The molecule has 1 aliphatic carbocycles. The normalized spacial score (nSPS) is 13.2. The van der Waals surface area contributed by atoms with Crippen LogP contribution in [0.4, 0.5) is 13.6 Å². The lowest BCUT2D eigenvalue weighted by Crippen LogP contribution is -2.31. The van der Waals surface area contributed by atoms with Crippen molar-refractivity contribution in [2.75, 3.05) is 6.61 Å². The summed E-state index contributed by atoms with van der Waals surface area (Å²) >= 11 is 0. The summed E-state index contributed by atoms with van der Waals surface area (Å²) in [7, 11) is 0. The minimum atomic E-state index is -1.20. The molecule has 0 aliphatic heterocycles. The molecule has 1 atom stereocenters. The topological polar surface area (TPSA) is 75.6 Å². The molecule has 0 spiro atoms. The van der Waals surface area contributed by atoms with Crippen molar-refractivity contribution in [3.63, 3.8) is 0 Å². The fourth-order valence-electron chi connectivity index (χ4n) is 3.94. The van der Waals surface area contributed by atoms with Gasteiger partial charge in [-0.1, -0.05) is 54.6 Å². The minimum Gasteiger partial charge on any atom is -0.481 e. The first-order chi connectivity index (χ1) is 14.9. The van der Waals surface area contributed by atoms with E-state index in [2.05, 4.69) is 5.32 Å². The number of alkyl carbamates (subject to hydrolysis) is 1. The molecule has 0 heterocycles. The van der Waals surface area contributed by atoms with Gasteiger partial charge in [0.15, 0.2) is 11.6 Å². The highest BCUT2D eigenvalue weighted by atomic mass is 19.2. The predicted octanol–water partition coefficient (Wildman–Crippen LogP) is 5.02. The maximum atomic E-state index is 13.6. The predicted molar refractivity (Wildman–Crippen MR) is 110 cm³/mol. The van der Waals surface area contributed by atoms with Gasteiger partial charge >= 0.3 is 12.1 Å². The second-order valence-corrected chi connectivity index (χ2v) is 7.29. The van der Waals surface area contributed by atoms with Crippen molar-refractivity contribution in [1.82, 2.24) is 5.32 Å². The van der Waals surface area contributed by atoms with Gasteiger partial charge in [-0.15, -0.1) is 0 Å². The van der Waals surface area contributed by atoms with E-state index < -0.39 is 36.2 Å². The van der Waals surface area contributed by atoms with Crippen LogP contribution < -0.4 is 5.32 Å². The average molecular weight is 423 g/mol. The number of nitrogens with one attached hydrogen (secondary N) is 1. The highest BCUT2D eigenvalue weighted by Crippen LogP contribution is 2.44. The van der Waals surface area contributed by atoms with Crippen LogP contribution in [0.1, 0.15) is 35.1 Å². The van der Waals surface area contributed by atoms with Gasteiger partial charge in [0, 0.05) is 5.92 Å². The number of rotatable bonds is 6. The number of carbonyl (C=O) groups excluding carboxylic acids is 1. The third kappa shape index (κ3) is 4.26. The van der Waals surface area contributed by atoms with Gasteiger partial charge in [0.2, 0.25) is 0 Å². The maximum Gasteiger partial charge on any atom is 0.407 e. The molecule has 3 aromatic rings. The quantitative estimate of drug-likeness (QED) is 0.584. The van der Waals surface area contributed by atoms with E-state index in [4.69, 9.17) is 9.84 Å². The summed E-state index contributed by atoms with van der Waals surface area (Å²) in [6.07, 6.45) is -1.34. The largest absolute Gasteiger partial charge is 0.481 e. The Bertz CT molecular complexity index is 1100. The molecule has 0 radical (unpaired) electrons. The Hall–Kier alpha value is -3.74. The number of halogens is 2. The number of aliphatic carboxylic acids is 1. The van der Waals surface area contributed by atoms with Crippen molar-refractivity contribution < 1.29 is 28.2 Å². The van der Waals surface area contributed by atoms with Crippen LogP contribution in [0.15, 0.2) is 66.7 Å². The number of amides is 1. The molecule has 31 heavy (non-hydrogen) atoms. The summed E-state index contributed by atoms with van der Waals surface area (Å²) in [4.78, 5) is 23.6. The molecule has 3 aromatic carbocycles. The van der Waals surface area contributed by atoms with E-state index in [-0.39, 0.29) is 18.1 Å². The Morgan fingerprint density at radius 3 is 2.13 bits per heavy atom. The Balaban J connectivity index is 1.49. The third-order valence-electron chi connectivity index (χ3n) is 5.36. The first-order valence-electron chi connectivity index (χ1n) is 9.72. The lowest BCUT2D eigenvalue weighted by molar-refractivity contribution is -0.137. The smallest absolute Gasteiger partial charge is 0.407 e.